The van der Waals surface area contributed by atoms with Crippen LogP contribution in [0.15, 0.2) is 16.4 Å². The van der Waals surface area contributed by atoms with Gasteiger partial charge in [0.25, 0.3) is 0 Å². The number of nitrogens with zero attached hydrogens (tertiary/aromatic N) is 1. The fourth-order valence-corrected chi connectivity index (χ4v) is 0.864. The number of aliphatic hydroxyl groups is 1. The van der Waals surface area contributed by atoms with Crippen molar-refractivity contribution in [1.29, 1.82) is 0 Å². The van der Waals surface area contributed by atoms with Gasteiger partial charge in [-0.3, -0.25) is 4.79 Å². The lowest BCUT2D eigenvalue weighted by molar-refractivity contribution is -0.118. The minimum Gasteiger partial charge on any atom is -0.493 e. The minimum atomic E-state index is -0.130. The zero-order valence-electron chi connectivity index (χ0n) is 6.29. The molecule has 0 saturated heterocycles. The Morgan fingerprint density at radius 3 is 3.18 bits per heavy atom. The lowest BCUT2D eigenvalue weighted by Crippen LogP contribution is -2.19. The van der Waals surface area contributed by atoms with Crippen molar-refractivity contribution in [1.82, 2.24) is 5.32 Å². The number of nitrogens with one attached hydrogen (secondary N) is 1. The summed E-state index contributed by atoms with van der Waals surface area (Å²) in [7, 11) is 0. The van der Waals surface area contributed by atoms with Crippen molar-refractivity contribution in [3.63, 3.8) is 0 Å². The molecule has 4 heteroatoms. The van der Waals surface area contributed by atoms with E-state index in [2.05, 4.69) is 10.3 Å². The number of hydrogen-bond acceptors (Lipinski definition) is 3. The molecular weight excluding hydrogens is 144 g/mol. The van der Waals surface area contributed by atoms with Crippen LogP contribution < -0.4 is 5.32 Å². The maximum absolute atomic E-state index is 10.9. The van der Waals surface area contributed by atoms with Crippen molar-refractivity contribution in [2.24, 2.45) is 4.99 Å². The van der Waals surface area contributed by atoms with E-state index in [1.54, 1.807) is 0 Å². The van der Waals surface area contributed by atoms with E-state index in [4.69, 9.17) is 5.11 Å². The third-order valence-electron chi connectivity index (χ3n) is 1.53. The first-order valence-electron chi connectivity index (χ1n) is 3.47. The molecule has 0 aliphatic carbocycles. The van der Waals surface area contributed by atoms with Gasteiger partial charge in [-0.15, -0.1) is 0 Å². The highest BCUT2D eigenvalue weighted by Gasteiger charge is 2.10. The Hall–Kier alpha value is -1.32. The van der Waals surface area contributed by atoms with Gasteiger partial charge in [-0.25, -0.2) is 4.99 Å². The highest BCUT2D eigenvalue weighted by Crippen LogP contribution is 2.12. The van der Waals surface area contributed by atoms with Crippen LogP contribution in [0.2, 0.25) is 0 Å². The average molecular weight is 154 g/mol. The van der Waals surface area contributed by atoms with E-state index in [9.17, 15) is 4.79 Å². The summed E-state index contributed by atoms with van der Waals surface area (Å²) in [6.45, 7) is 1.87. The molecule has 0 radical (unpaired) electrons. The summed E-state index contributed by atoms with van der Waals surface area (Å²) in [6, 6.07) is 0. The van der Waals surface area contributed by atoms with Crippen LogP contribution in [0.5, 0.6) is 0 Å². The van der Waals surface area contributed by atoms with Crippen LogP contribution in [0.25, 0.3) is 0 Å². The van der Waals surface area contributed by atoms with E-state index in [0.717, 1.165) is 0 Å². The van der Waals surface area contributed by atoms with Crippen LogP contribution in [0, 0.1) is 0 Å². The molecule has 1 rings (SSSR count). The van der Waals surface area contributed by atoms with Crippen molar-refractivity contribution in [2.45, 2.75) is 19.8 Å². The Morgan fingerprint density at radius 2 is 2.55 bits per heavy atom. The van der Waals surface area contributed by atoms with Crippen molar-refractivity contribution >= 4 is 12.2 Å². The van der Waals surface area contributed by atoms with Gasteiger partial charge in [-0.05, 0) is 6.42 Å². The Bertz CT molecular complexity index is 231. The van der Waals surface area contributed by atoms with E-state index >= 15 is 0 Å². The maximum Gasteiger partial charge on any atom is 0.229 e. The van der Waals surface area contributed by atoms with Gasteiger partial charge in [0.05, 0.1) is 12.8 Å². The summed E-state index contributed by atoms with van der Waals surface area (Å²) in [5, 5.41) is 11.6. The normalized spacial score (nSPS) is 18.1. The van der Waals surface area contributed by atoms with Gasteiger partial charge in [0.2, 0.25) is 11.8 Å². The van der Waals surface area contributed by atoms with E-state index in [1.807, 2.05) is 6.92 Å². The van der Waals surface area contributed by atoms with Gasteiger partial charge in [0.1, 0.15) is 0 Å². The third kappa shape index (κ3) is 1.80. The molecular formula is C7H10N2O2. The van der Waals surface area contributed by atoms with Gasteiger partial charge >= 0.3 is 0 Å². The van der Waals surface area contributed by atoms with Gasteiger partial charge in [0.15, 0.2) is 0 Å². The summed E-state index contributed by atoms with van der Waals surface area (Å²) in [4.78, 5) is 14.5. The number of aliphatic hydroxyl groups excluding tert-OH is 1. The number of aliphatic imine (C=N–C) groups is 1. The monoisotopic (exact) mass is 154 g/mol. The Labute approximate surface area is 64.6 Å². The summed E-state index contributed by atoms with van der Waals surface area (Å²) < 4.78 is 0. The summed E-state index contributed by atoms with van der Waals surface area (Å²) in [5.74, 6) is -0.166. The maximum atomic E-state index is 10.9. The topological polar surface area (TPSA) is 61.7 Å². The van der Waals surface area contributed by atoms with Crippen LogP contribution in [0.1, 0.15) is 19.8 Å². The molecule has 1 heterocycles. The van der Waals surface area contributed by atoms with Gasteiger partial charge in [-0.2, -0.15) is 0 Å². The molecule has 2 N–H and O–H groups in total. The average Bonchev–Trinajstić information content (AvgIpc) is 2.13. The van der Waals surface area contributed by atoms with E-state index < -0.39 is 0 Å². The summed E-state index contributed by atoms with van der Waals surface area (Å²) >= 11 is 0. The smallest absolute Gasteiger partial charge is 0.229 e. The zero-order chi connectivity index (χ0) is 8.27. The molecule has 1 aliphatic heterocycles. The third-order valence-corrected chi connectivity index (χ3v) is 1.53. The predicted octanol–water partition coefficient (Wildman–Crippen LogP) is 0.714. The highest BCUT2D eigenvalue weighted by atomic mass is 16.3. The second-order valence-electron chi connectivity index (χ2n) is 2.28. The molecule has 11 heavy (non-hydrogen) atoms. The molecule has 0 fully saturated rings. The van der Waals surface area contributed by atoms with Crippen LogP contribution in [0.3, 0.4) is 0 Å². The molecule has 60 valence electrons. The molecule has 1 aliphatic rings. The number of carbonyl (C=O) groups is 1. The van der Waals surface area contributed by atoms with Crippen molar-refractivity contribution in [2.75, 3.05) is 0 Å². The minimum absolute atomic E-state index is 0.0362. The molecule has 0 unspecified atom stereocenters. The molecule has 1 amide bonds. The van der Waals surface area contributed by atoms with Gasteiger partial charge in [-0.1, -0.05) is 6.92 Å². The Balaban J connectivity index is 2.85. The second-order valence-corrected chi connectivity index (χ2v) is 2.28. The van der Waals surface area contributed by atoms with Crippen molar-refractivity contribution < 1.29 is 9.90 Å². The summed E-state index contributed by atoms with van der Waals surface area (Å²) in [6.07, 6.45) is 2.10. The first-order valence-corrected chi connectivity index (χ1v) is 3.47. The van der Waals surface area contributed by atoms with Crippen LogP contribution in [0.4, 0.5) is 0 Å². The lowest BCUT2D eigenvalue weighted by Gasteiger charge is -1.99. The van der Waals surface area contributed by atoms with E-state index in [1.165, 1.54) is 6.34 Å². The van der Waals surface area contributed by atoms with Crippen LogP contribution in [-0.4, -0.2) is 17.4 Å². The van der Waals surface area contributed by atoms with Crippen LogP contribution >= 0.6 is 0 Å². The molecule has 4 nitrogen and oxygen atoms in total. The quantitative estimate of drug-likeness (QED) is 0.584. The Kier molecular flexibility index (Phi) is 2.25. The molecule has 0 aromatic rings. The fourth-order valence-electron chi connectivity index (χ4n) is 0.864. The lowest BCUT2D eigenvalue weighted by atomic mass is 10.1. The van der Waals surface area contributed by atoms with Gasteiger partial charge < -0.3 is 10.4 Å². The highest BCUT2D eigenvalue weighted by molar-refractivity contribution is 5.90. The molecule has 0 aromatic heterocycles. The first kappa shape index (κ1) is 7.78. The number of carbonyl (C=O) groups excluding carboxylic acids is 1. The van der Waals surface area contributed by atoms with Gasteiger partial charge in [0, 0.05) is 5.57 Å². The molecule has 0 saturated carbocycles. The number of amides is 1. The fraction of sp³-hybridized carbons (Fsp3) is 0.429. The number of rotatable bonds is 1. The van der Waals surface area contributed by atoms with Crippen molar-refractivity contribution in [3.8, 4) is 0 Å². The molecule has 0 spiro atoms. The molecule has 0 aromatic carbocycles. The predicted molar refractivity (Wildman–Crippen MR) is 41.2 cm³/mol. The second kappa shape index (κ2) is 3.18. The zero-order valence-corrected chi connectivity index (χ0v) is 6.29. The standard InChI is InChI=1S/C7H10N2O2/c1-2-5-3-6(10)8-4-9-7(5)11/h4,11H,2-3H2,1H3,(H,8,9,10). The van der Waals surface area contributed by atoms with Crippen molar-refractivity contribution in [3.05, 3.63) is 11.5 Å². The molecule has 0 atom stereocenters. The molecule has 0 bridgehead atoms. The largest absolute Gasteiger partial charge is 0.493 e. The summed E-state index contributed by atoms with van der Waals surface area (Å²) in [5.41, 5.74) is 0.677. The van der Waals surface area contributed by atoms with E-state index in [-0.39, 0.29) is 18.2 Å². The Morgan fingerprint density at radius 1 is 1.82 bits per heavy atom. The number of hydrogen-bond donors (Lipinski definition) is 2. The van der Waals surface area contributed by atoms with Crippen LogP contribution in [-0.2, 0) is 4.79 Å². The van der Waals surface area contributed by atoms with E-state index in [0.29, 0.717) is 12.0 Å². The first-order chi connectivity index (χ1) is 5.24. The SMILES string of the molecule is CCC1=C(O)N=CNC(=O)C1.